The molecule has 0 saturated heterocycles. The normalized spacial score (nSPS) is 12.4. The van der Waals surface area contributed by atoms with Gasteiger partial charge in [0.1, 0.15) is 5.82 Å². The van der Waals surface area contributed by atoms with E-state index in [4.69, 9.17) is 0 Å². The molecule has 100 valence electrons. The van der Waals surface area contributed by atoms with Crippen molar-refractivity contribution in [3.8, 4) is 0 Å². The third-order valence-corrected chi connectivity index (χ3v) is 4.28. The SMILES string of the molecule is C[C@@H](NCc1cc(F)ccc1Br)c1ccc(Br)cc1. The van der Waals surface area contributed by atoms with Gasteiger partial charge in [-0.25, -0.2) is 4.39 Å². The molecule has 0 aliphatic carbocycles. The molecule has 4 heteroatoms. The number of hydrogen-bond acceptors (Lipinski definition) is 1. The predicted octanol–water partition coefficient (Wildman–Crippen LogP) is 5.20. The Hall–Kier alpha value is -0.710. The number of nitrogens with one attached hydrogen (secondary N) is 1. The molecule has 0 spiro atoms. The first kappa shape index (κ1) is 14.7. The smallest absolute Gasteiger partial charge is 0.123 e. The van der Waals surface area contributed by atoms with Crippen LogP contribution in [0.2, 0.25) is 0 Å². The number of halogens is 3. The molecule has 0 amide bonds. The maximum Gasteiger partial charge on any atom is 0.123 e. The van der Waals surface area contributed by atoms with Crippen LogP contribution in [0.4, 0.5) is 4.39 Å². The Labute approximate surface area is 129 Å². The van der Waals surface area contributed by atoms with E-state index in [1.807, 2.05) is 12.1 Å². The highest BCUT2D eigenvalue weighted by Gasteiger charge is 2.07. The van der Waals surface area contributed by atoms with Crippen molar-refractivity contribution in [3.63, 3.8) is 0 Å². The minimum absolute atomic E-state index is 0.211. The van der Waals surface area contributed by atoms with E-state index in [2.05, 4.69) is 56.2 Å². The molecule has 0 fully saturated rings. The highest BCUT2D eigenvalue weighted by Crippen LogP contribution is 2.20. The second-order valence-corrected chi connectivity index (χ2v) is 6.16. The average molecular weight is 387 g/mol. The Balaban J connectivity index is 2.02. The van der Waals surface area contributed by atoms with E-state index in [9.17, 15) is 4.39 Å². The summed E-state index contributed by atoms with van der Waals surface area (Å²) in [5.41, 5.74) is 2.12. The molecule has 2 aromatic rings. The van der Waals surface area contributed by atoms with Crippen LogP contribution in [0.15, 0.2) is 51.4 Å². The molecule has 0 aromatic heterocycles. The first-order chi connectivity index (χ1) is 9.06. The van der Waals surface area contributed by atoms with Crippen molar-refractivity contribution in [1.29, 1.82) is 0 Å². The summed E-state index contributed by atoms with van der Waals surface area (Å²) in [7, 11) is 0. The van der Waals surface area contributed by atoms with Gasteiger partial charge in [-0.3, -0.25) is 0 Å². The summed E-state index contributed by atoms with van der Waals surface area (Å²) < 4.78 is 15.2. The molecule has 1 atom stereocenters. The molecule has 0 saturated carbocycles. The van der Waals surface area contributed by atoms with Gasteiger partial charge >= 0.3 is 0 Å². The Morgan fingerprint density at radius 1 is 1.11 bits per heavy atom. The van der Waals surface area contributed by atoms with Crippen molar-refractivity contribution < 1.29 is 4.39 Å². The van der Waals surface area contributed by atoms with E-state index in [-0.39, 0.29) is 11.9 Å². The number of rotatable bonds is 4. The molecular weight excluding hydrogens is 373 g/mol. The van der Waals surface area contributed by atoms with Gasteiger partial charge in [-0.15, -0.1) is 0 Å². The van der Waals surface area contributed by atoms with Gasteiger partial charge < -0.3 is 5.32 Å². The van der Waals surface area contributed by atoms with Crippen molar-refractivity contribution in [1.82, 2.24) is 5.32 Å². The van der Waals surface area contributed by atoms with Crippen LogP contribution < -0.4 is 5.32 Å². The topological polar surface area (TPSA) is 12.0 Å². The van der Waals surface area contributed by atoms with Gasteiger partial charge in [-0.05, 0) is 48.4 Å². The Morgan fingerprint density at radius 3 is 2.47 bits per heavy atom. The fourth-order valence-corrected chi connectivity index (χ4v) is 2.46. The second kappa shape index (κ2) is 6.64. The molecule has 19 heavy (non-hydrogen) atoms. The van der Waals surface area contributed by atoms with Crippen LogP contribution in [0.25, 0.3) is 0 Å². The van der Waals surface area contributed by atoms with E-state index in [1.165, 1.54) is 11.6 Å². The van der Waals surface area contributed by atoms with E-state index >= 15 is 0 Å². The van der Waals surface area contributed by atoms with Gasteiger partial charge in [-0.2, -0.15) is 0 Å². The highest BCUT2D eigenvalue weighted by atomic mass is 79.9. The molecular formula is C15H14Br2FN. The highest BCUT2D eigenvalue weighted by molar-refractivity contribution is 9.10. The summed E-state index contributed by atoms with van der Waals surface area (Å²) in [4.78, 5) is 0. The monoisotopic (exact) mass is 385 g/mol. The first-order valence-electron chi connectivity index (χ1n) is 5.99. The number of hydrogen-bond donors (Lipinski definition) is 1. The zero-order chi connectivity index (χ0) is 13.8. The quantitative estimate of drug-likeness (QED) is 0.761. The molecule has 0 radical (unpaired) electrons. The van der Waals surface area contributed by atoms with Crippen LogP contribution in [0.3, 0.4) is 0 Å². The van der Waals surface area contributed by atoms with Crippen molar-refractivity contribution in [2.75, 3.05) is 0 Å². The van der Waals surface area contributed by atoms with Crippen molar-refractivity contribution in [3.05, 3.63) is 68.4 Å². The van der Waals surface area contributed by atoms with Gasteiger partial charge in [0.15, 0.2) is 0 Å². The Bertz CT molecular complexity index is 555. The lowest BCUT2D eigenvalue weighted by atomic mass is 10.1. The largest absolute Gasteiger partial charge is 0.306 e. The summed E-state index contributed by atoms with van der Waals surface area (Å²) >= 11 is 6.85. The zero-order valence-electron chi connectivity index (χ0n) is 10.5. The minimum Gasteiger partial charge on any atom is -0.306 e. The van der Waals surface area contributed by atoms with E-state index in [0.29, 0.717) is 6.54 Å². The van der Waals surface area contributed by atoms with Crippen LogP contribution in [-0.4, -0.2) is 0 Å². The van der Waals surface area contributed by atoms with E-state index in [0.717, 1.165) is 14.5 Å². The first-order valence-corrected chi connectivity index (χ1v) is 7.57. The molecule has 0 unspecified atom stereocenters. The summed E-state index contributed by atoms with van der Waals surface area (Å²) in [6.07, 6.45) is 0. The predicted molar refractivity (Wildman–Crippen MR) is 83.5 cm³/mol. The Morgan fingerprint density at radius 2 is 1.79 bits per heavy atom. The summed E-state index contributed by atoms with van der Waals surface area (Å²) in [5.74, 6) is -0.212. The van der Waals surface area contributed by atoms with E-state index in [1.54, 1.807) is 12.1 Å². The minimum atomic E-state index is -0.212. The maximum absolute atomic E-state index is 13.2. The molecule has 1 N–H and O–H groups in total. The molecule has 0 aliphatic heterocycles. The fourth-order valence-electron chi connectivity index (χ4n) is 1.81. The third kappa shape index (κ3) is 4.13. The van der Waals surface area contributed by atoms with Gasteiger partial charge in [0.2, 0.25) is 0 Å². The maximum atomic E-state index is 13.2. The lowest BCUT2D eigenvalue weighted by Crippen LogP contribution is -2.18. The summed E-state index contributed by atoms with van der Waals surface area (Å²) in [5, 5.41) is 3.39. The van der Waals surface area contributed by atoms with Crippen LogP contribution >= 0.6 is 31.9 Å². The van der Waals surface area contributed by atoms with Crippen LogP contribution in [0.1, 0.15) is 24.1 Å². The fraction of sp³-hybridized carbons (Fsp3) is 0.200. The van der Waals surface area contributed by atoms with Gasteiger partial charge in [0, 0.05) is 21.5 Å². The van der Waals surface area contributed by atoms with E-state index < -0.39 is 0 Å². The van der Waals surface area contributed by atoms with Crippen molar-refractivity contribution in [2.24, 2.45) is 0 Å². The van der Waals surface area contributed by atoms with Crippen molar-refractivity contribution in [2.45, 2.75) is 19.5 Å². The summed E-state index contributed by atoms with van der Waals surface area (Å²) in [6.45, 7) is 2.71. The standard InChI is InChI=1S/C15H14Br2FN/c1-10(11-2-4-13(16)5-3-11)19-9-12-8-14(18)6-7-15(12)17/h2-8,10,19H,9H2,1H3/t10-/m1/s1. The average Bonchev–Trinajstić information content (AvgIpc) is 2.40. The summed E-state index contributed by atoms with van der Waals surface area (Å²) in [6, 6.07) is 13.1. The molecule has 0 bridgehead atoms. The third-order valence-electron chi connectivity index (χ3n) is 2.98. The lowest BCUT2D eigenvalue weighted by Gasteiger charge is -2.15. The second-order valence-electron chi connectivity index (χ2n) is 4.39. The van der Waals surface area contributed by atoms with Crippen LogP contribution in [0.5, 0.6) is 0 Å². The molecule has 0 heterocycles. The van der Waals surface area contributed by atoms with Crippen LogP contribution in [-0.2, 0) is 6.54 Å². The molecule has 2 rings (SSSR count). The molecule has 0 aliphatic rings. The van der Waals surface area contributed by atoms with Gasteiger partial charge in [-0.1, -0.05) is 44.0 Å². The van der Waals surface area contributed by atoms with Crippen molar-refractivity contribution >= 4 is 31.9 Å². The van der Waals surface area contributed by atoms with Crippen LogP contribution in [0, 0.1) is 5.82 Å². The molecule has 2 aromatic carbocycles. The van der Waals surface area contributed by atoms with Gasteiger partial charge in [0.25, 0.3) is 0 Å². The number of benzene rings is 2. The lowest BCUT2D eigenvalue weighted by molar-refractivity contribution is 0.568. The Kier molecular flexibility index (Phi) is 5.13. The molecule has 1 nitrogen and oxygen atoms in total. The zero-order valence-corrected chi connectivity index (χ0v) is 13.6. The van der Waals surface area contributed by atoms with Gasteiger partial charge in [0.05, 0.1) is 0 Å².